The number of amides is 1. The second-order valence-corrected chi connectivity index (χ2v) is 5.17. The summed E-state index contributed by atoms with van der Waals surface area (Å²) in [5.41, 5.74) is 0.727. The van der Waals surface area contributed by atoms with E-state index in [-0.39, 0.29) is 5.91 Å². The number of halogens is 1. The van der Waals surface area contributed by atoms with E-state index in [2.05, 4.69) is 21.2 Å². The van der Waals surface area contributed by atoms with Gasteiger partial charge in [0, 0.05) is 23.2 Å². The number of carbonyl (C=O) groups is 1. The van der Waals surface area contributed by atoms with E-state index in [4.69, 9.17) is 17.0 Å². The van der Waals surface area contributed by atoms with E-state index < -0.39 is 0 Å². The van der Waals surface area contributed by atoms with Crippen LogP contribution in [-0.4, -0.2) is 42.1 Å². The quantitative estimate of drug-likeness (QED) is 0.801. The number of thiocarbonyl (C=S) groups is 1. The molecule has 0 aliphatic carbocycles. The molecule has 1 aromatic carbocycles. The van der Waals surface area contributed by atoms with Crippen molar-refractivity contribution in [2.24, 2.45) is 0 Å². The highest BCUT2D eigenvalue weighted by molar-refractivity contribution is 9.10. The van der Waals surface area contributed by atoms with E-state index in [1.807, 2.05) is 29.2 Å². The highest BCUT2D eigenvalue weighted by Gasteiger charge is 2.19. The van der Waals surface area contributed by atoms with Crippen LogP contribution in [0.4, 0.5) is 5.69 Å². The van der Waals surface area contributed by atoms with Gasteiger partial charge < -0.3 is 15.0 Å². The van der Waals surface area contributed by atoms with Crippen molar-refractivity contribution in [2.75, 3.05) is 31.6 Å². The molecule has 1 amide bonds. The van der Waals surface area contributed by atoms with Crippen LogP contribution in [0.25, 0.3) is 0 Å². The maximum atomic E-state index is 12.0. The highest BCUT2D eigenvalue weighted by Crippen LogP contribution is 2.15. The van der Waals surface area contributed by atoms with Crippen molar-refractivity contribution in [1.82, 2.24) is 4.90 Å². The molecule has 0 atom stereocenters. The fraction of sp³-hybridized carbons (Fsp3) is 0.333. The second-order valence-electron chi connectivity index (χ2n) is 3.87. The number of benzene rings is 1. The van der Waals surface area contributed by atoms with Crippen LogP contribution in [0, 0.1) is 0 Å². The van der Waals surface area contributed by atoms with Gasteiger partial charge in [0.1, 0.15) is 0 Å². The zero-order valence-electron chi connectivity index (χ0n) is 9.69. The van der Waals surface area contributed by atoms with Gasteiger partial charge in [0.25, 0.3) is 5.91 Å². The highest BCUT2D eigenvalue weighted by atomic mass is 79.9. The zero-order chi connectivity index (χ0) is 13.0. The summed E-state index contributed by atoms with van der Waals surface area (Å²) in [4.78, 5) is 14.2. The smallest absolute Gasteiger partial charge is 0.283 e. The van der Waals surface area contributed by atoms with Crippen LogP contribution < -0.4 is 5.32 Å². The fourth-order valence-electron chi connectivity index (χ4n) is 1.66. The number of nitrogens with zero attached hydrogens (tertiary/aromatic N) is 1. The number of hydrogen-bond acceptors (Lipinski definition) is 3. The summed E-state index contributed by atoms with van der Waals surface area (Å²) in [5, 5.41) is 2.79. The predicted octanol–water partition coefficient (Wildman–Crippen LogP) is 2.05. The van der Waals surface area contributed by atoms with E-state index in [0.29, 0.717) is 31.3 Å². The zero-order valence-corrected chi connectivity index (χ0v) is 12.1. The van der Waals surface area contributed by atoms with Crippen LogP contribution in [0.15, 0.2) is 28.7 Å². The average Bonchev–Trinajstić information content (AvgIpc) is 2.39. The van der Waals surface area contributed by atoms with Gasteiger partial charge in [0.05, 0.1) is 13.2 Å². The van der Waals surface area contributed by atoms with Gasteiger partial charge in [-0.1, -0.05) is 34.2 Å². The molecule has 1 aliphatic heterocycles. The number of anilines is 1. The Hall–Kier alpha value is -0.980. The molecule has 0 bridgehead atoms. The first-order valence-electron chi connectivity index (χ1n) is 5.60. The molecule has 0 aromatic heterocycles. The Morgan fingerprint density at radius 2 is 2.11 bits per heavy atom. The van der Waals surface area contributed by atoms with Crippen LogP contribution in [0.3, 0.4) is 0 Å². The summed E-state index contributed by atoms with van der Waals surface area (Å²) < 4.78 is 6.14. The standard InChI is InChI=1S/C12H13BrN2O2S/c13-9-2-1-3-10(8-9)14-11(16)12(18)15-4-6-17-7-5-15/h1-3,8H,4-7H2,(H,14,16). The Bertz CT molecular complexity index is 461. The van der Waals surface area contributed by atoms with Gasteiger partial charge in [-0.25, -0.2) is 0 Å². The third kappa shape index (κ3) is 3.51. The lowest BCUT2D eigenvalue weighted by Gasteiger charge is -2.28. The van der Waals surface area contributed by atoms with Crippen molar-refractivity contribution < 1.29 is 9.53 Å². The van der Waals surface area contributed by atoms with E-state index in [1.54, 1.807) is 0 Å². The minimum atomic E-state index is -0.245. The minimum absolute atomic E-state index is 0.245. The van der Waals surface area contributed by atoms with E-state index in [1.165, 1.54) is 0 Å². The summed E-state index contributed by atoms with van der Waals surface area (Å²) in [5.74, 6) is -0.245. The molecule has 0 unspecified atom stereocenters. The molecule has 1 saturated heterocycles. The van der Waals surface area contributed by atoms with Crippen molar-refractivity contribution >= 4 is 44.7 Å². The van der Waals surface area contributed by atoms with E-state index >= 15 is 0 Å². The summed E-state index contributed by atoms with van der Waals surface area (Å²) in [6.45, 7) is 2.57. The van der Waals surface area contributed by atoms with Gasteiger partial charge >= 0.3 is 0 Å². The Labute approximate surface area is 119 Å². The molecule has 96 valence electrons. The van der Waals surface area contributed by atoms with Crippen LogP contribution in [0.1, 0.15) is 0 Å². The molecule has 1 N–H and O–H groups in total. The molecule has 0 spiro atoms. The van der Waals surface area contributed by atoms with Gasteiger partial charge in [-0.05, 0) is 18.2 Å². The van der Waals surface area contributed by atoms with E-state index in [9.17, 15) is 4.79 Å². The molecule has 1 fully saturated rings. The number of hydrogen-bond donors (Lipinski definition) is 1. The van der Waals surface area contributed by atoms with Gasteiger partial charge in [-0.2, -0.15) is 0 Å². The molecular weight excluding hydrogens is 316 g/mol. The lowest BCUT2D eigenvalue weighted by Crippen LogP contribution is -2.44. The molecule has 1 heterocycles. The molecular formula is C12H13BrN2O2S. The maximum absolute atomic E-state index is 12.0. The van der Waals surface area contributed by atoms with Crippen molar-refractivity contribution in [3.8, 4) is 0 Å². The largest absolute Gasteiger partial charge is 0.378 e. The van der Waals surface area contributed by atoms with Crippen LogP contribution >= 0.6 is 28.1 Å². The Balaban J connectivity index is 1.96. The van der Waals surface area contributed by atoms with Crippen molar-refractivity contribution in [1.29, 1.82) is 0 Å². The Kier molecular flexibility index (Phi) is 4.68. The van der Waals surface area contributed by atoms with Crippen LogP contribution in [0.2, 0.25) is 0 Å². The molecule has 6 heteroatoms. The number of carbonyl (C=O) groups excluding carboxylic acids is 1. The minimum Gasteiger partial charge on any atom is -0.378 e. The molecule has 0 saturated carbocycles. The molecule has 2 rings (SSSR count). The molecule has 4 nitrogen and oxygen atoms in total. The average molecular weight is 329 g/mol. The number of morpholine rings is 1. The summed E-state index contributed by atoms with van der Waals surface area (Å²) in [6, 6.07) is 7.41. The Morgan fingerprint density at radius 3 is 2.78 bits per heavy atom. The SMILES string of the molecule is O=C(Nc1cccc(Br)c1)C(=S)N1CCOCC1. The summed E-state index contributed by atoms with van der Waals surface area (Å²) >= 11 is 8.53. The maximum Gasteiger partial charge on any atom is 0.283 e. The predicted molar refractivity (Wildman–Crippen MR) is 77.8 cm³/mol. The Morgan fingerprint density at radius 1 is 1.39 bits per heavy atom. The first-order valence-corrected chi connectivity index (χ1v) is 6.80. The molecule has 18 heavy (non-hydrogen) atoms. The van der Waals surface area contributed by atoms with Gasteiger partial charge in [0.2, 0.25) is 0 Å². The lowest BCUT2D eigenvalue weighted by atomic mass is 10.3. The topological polar surface area (TPSA) is 41.6 Å². The van der Waals surface area contributed by atoms with Crippen molar-refractivity contribution in [3.05, 3.63) is 28.7 Å². The molecule has 1 aromatic rings. The summed E-state index contributed by atoms with van der Waals surface area (Å²) in [7, 11) is 0. The monoisotopic (exact) mass is 328 g/mol. The lowest BCUT2D eigenvalue weighted by molar-refractivity contribution is -0.111. The number of rotatable bonds is 1. The fourth-order valence-corrected chi connectivity index (χ4v) is 2.29. The van der Waals surface area contributed by atoms with E-state index in [0.717, 1.165) is 10.2 Å². The molecule has 1 aliphatic rings. The van der Waals surface area contributed by atoms with Crippen molar-refractivity contribution in [2.45, 2.75) is 0 Å². The number of nitrogens with one attached hydrogen (secondary N) is 1. The number of ether oxygens (including phenoxy) is 1. The normalized spacial score (nSPS) is 15.3. The summed E-state index contributed by atoms with van der Waals surface area (Å²) in [6.07, 6.45) is 0. The van der Waals surface area contributed by atoms with Crippen LogP contribution in [-0.2, 0) is 9.53 Å². The van der Waals surface area contributed by atoms with Crippen molar-refractivity contribution in [3.63, 3.8) is 0 Å². The van der Waals surface area contributed by atoms with Gasteiger partial charge in [-0.15, -0.1) is 0 Å². The van der Waals surface area contributed by atoms with Crippen LogP contribution in [0.5, 0.6) is 0 Å². The van der Waals surface area contributed by atoms with Gasteiger partial charge in [0.15, 0.2) is 4.99 Å². The second kappa shape index (κ2) is 6.26. The molecule has 0 radical (unpaired) electrons. The first kappa shape index (κ1) is 13.5. The third-order valence-corrected chi connectivity index (χ3v) is 3.51. The van der Waals surface area contributed by atoms with Gasteiger partial charge in [-0.3, -0.25) is 4.79 Å². The first-order chi connectivity index (χ1) is 8.66. The third-order valence-electron chi connectivity index (χ3n) is 2.58.